The number of unbranched alkanes of at least 4 members (excludes halogenated alkanes) is 3. The van der Waals surface area contributed by atoms with Crippen LogP contribution in [0.2, 0.25) is 0 Å². The Morgan fingerprint density at radius 3 is 1.51 bits per heavy atom. The van der Waals surface area contributed by atoms with E-state index in [4.69, 9.17) is 0 Å². The fourth-order valence-electron chi connectivity index (χ4n) is 7.05. The molecule has 0 unspecified atom stereocenters. The molecule has 15 heteroatoms. The smallest absolute Gasteiger partial charge is 0.245 e. The van der Waals surface area contributed by atoms with E-state index in [1.807, 2.05) is 34.6 Å². The van der Waals surface area contributed by atoms with Gasteiger partial charge in [-0.2, -0.15) is 0 Å². The van der Waals surface area contributed by atoms with E-state index in [1.165, 1.54) is 47.8 Å². The molecule has 0 spiro atoms. The number of carbonyl (C=O) groups excluding carboxylic acids is 7. The van der Waals surface area contributed by atoms with Gasteiger partial charge in [0.25, 0.3) is 0 Å². The van der Waals surface area contributed by atoms with Gasteiger partial charge in [0.15, 0.2) is 0 Å². The molecule has 1 aliphatic rings. The molecule has 57 heavy (non-hydrogen) atoms. The van der Waals surface area contributed by atoms with Gasteiger partial charge in [0.2, 0.25) is 41.4 Å². The molecule has 15 nitrogen and oxygen atoms in total. The maximum atomic E-state index is 14.3. The van der Waals surface area contributed by atoms with Crippen LogP contribution in [0.25, 0.3) is 0 Å². The molecule has 0 aromatic heterocycles. The van der Waals surface area contributed by atoms with Crippen LogP contribution >= 0.6 is 0 Å². The molecule has 1 heterocycles. The molecule has 0 saturated carbocycles. The fourth-order valence-corrected chi connectivity index (χ4v) is 7.05. The van der Waals surface area contributed by atoms with Crippen molar-refractivity contribution in [3.05, 3.63) is 0 Å². The zero-order chi connectivity index (χ0) is 44.1. The van der Waals surface area contributed by atoms with Gasteiger partial charge in [0, 0.05) is 28.2 Å². The van der Waals surface area contributed by atoms with Crippen LogP contribution in [0.1, 0.15) is 128 Å². The van der Waals surface area contributed by atoms with Crippen molar-refractivity contribution in [2.75, 3.05) is 28.2 Å². The molecule has 4 N–H and O–H groups in total. The first-order valence-corrected chi connectivity index (χ1v) is 21.1. The van der Waals surface area contributed by atoms with Crippen molar-refractivity contribution in [3.8, 4) is 0 Å². The molecule has 0 radical (unpaired) electrons. The summed E-state index contributed by atoms with van der Waals surface area (Å²) in [5.74, 6) is -5.09. The summed E-state index contributed by atoms with van der Waals surface area (Å²) in [7, 11) is 5.91. The van der Waals surface area contributed by atoms with Gasteiger partial charge in [-0.3, -0.25) is 33.6 Å². The lowest BCUT2D eigenvalue weighted by Crippen LogP contribution is -2.63. The first kappa shape index (κ1) is 51.3. The summed E-state index contributed by atoms with van der Waals surface area (Å²) in [6, 6.07) is -7.83. The summed E-state index contributed by atoms with van der Waals surface area (Å²) in [5.41, 5.74) is 0. The van der Waals surface area contributed by atoms with Crippen molar-refractivity contribution in [2.24, 2.45) is 23.7 Å². The lowest BCUT2D eigenvalue weighted by atomic mass is 9.94. The molecule has 9 atom stereocenters. The molecule has 0 aromatic rings. The molecular weight excluding hydrogens is 731 g/mol. The normalized spacial score (nSPS) is 27.1. The highest BCUT2D eigenvalue weighted by molar-refractivity contribution is 5.98. The quantitative estimate of drug-likeness (QED) is 0.205. The van der Waals surface area contributed by atoms with Crippen molar-refractivity contribution in [2.45, 2.75) is 176 Å². The Morgan fingerprint density at radius 2 is 1.04 bits per heavy atom. The SMILES string of the molecule is CCCCCC[C@@H]1C(=O)N[C@H]([C@H](O)C(C)C)C(=O)N[C@H]([C@@H](C)CC)C(=O)N(C)[C@@H](C)C(=O)N(C)[C@@H](CC(C)C)C(=O)N[C@@H](CC(C)C)C(=O)N(C)[C@@H](C)C(=O)N1C. The number of nitrogens with one attached hydrogen (secondary N) is 3. The molecule has 1 saturated heterocycles. The molecule has 0 bridgehead atoms. The van der Waals surface area contributed by atoms with Crippen molar-refractivity contribution in [1.82, 2.24) is 35.6 Å². The van der Waals surface area contributed by atoms with Crippen LogP contribution in [0, 0.1) is 23.7 Å². The minimum Gasteiger partial charge on any atom is -0.390 e. The topological polar surface area (TPSA) is 189 Å². The minimum atomic E-state index is -1.49. The van der Waals surface area contributed by atoms with Crippen LogP contribution in [0.4, 0.5) is 0 Å². The third-order valence-corrected chi connectivity index (χ3v) is 11.5. The second-order valence-corrected chi connectivity index (χ2v) is 17.4. The lowest BCUT2D eigenvalue weighted by Gasteiger charge is -2.37. The van der Waals surface area contributed by atoms with Crippen LogP contribution in [-0.4, -0.2) is 143 Å². The number of aliphatic hydroxyl groups excluding tert-OH is 1. The minimum absolute atomic E-state index is 0.0272. The predicted octanol–water partition coefficient (Wildman–Crippen LogP) is 2.93. The molecule has 0 aliphatic carbocycles. The van der Waals surface area contributed by atoms with E-state index < -0.39 is 102 Å². The monoisotopic (exact) mass is 808 g/mol. The Labute approximate surface area is 342 Å². The highest BCUT2D eigenvalue weighted by Gasteiger charge is 2.42. The van der Waals surface area contributed by atoms with Gasteiger partial charge in [0.1, 0.15) is 42.3 Å². The molecule has 1 fully saturated rings. The van der Waals surface area contributed by atoms with Gasteiger partial charge in [-0.05, 0) is 56.8 Å². The Bertz CT molecular complexity index is 1370. The third-order valence-electron chi connectivity index (χ3n) is 11.5. The fraction of sp³-hybridized carbons (Fsp3) is 0.833. The van der Waals surface area contributed by atoms with Gasteiger partial charge < -0.3 is 40.7 Å². The lowest BCUT2D eigenvalue weighted by molar-refractivity contribution is -0.150. The average Bonchev–Trinajstić information content (AvgIpc) is 3.16. The summed E-state index contributed by atoms with van der Waals surface area (Å²) in [5, 5.41) is 19.8. The van der Waals surface area contributed by atoms with Crippen molar-refractivity contribution in [1.29, 1.82) is 0 Å². The molecule has 328 valence electrons. The van der Waals surface area contributed by atoms with Crippen LogP contribution in [0.3, 0.4) is 0 Å². The molecule has 7 amide bonds. The van der Waals surface area contributed by atoms with Gasteiger partial charge in [-0.15, -0.1) is 0 Å². The Morgan fingerprint density at radius 1 is 0.561 bits per heavy atom. The summed E-state index contributed by atoms with van der Waals surface area (Å²) in [6.07, 6.45) is 3.14. The predicted molar refractivity (Wildman–Crippen MR) is 221 cm³/mol. The van der Waals surface area contributed by atoms with Gasteiger partial charge in [-0.1, -0.05) is 94.4 Å². The zero-order valence-corrected chi connectivity index (χ0v) is 37.7. The van der Waals surface area contributed by atoms with E-state index in [-0.39, 0.29) is 31.1 Å². The van der Waals surface area contributed by atoms with E-state index >= 15 is 0 Å². The van der Waals surface area contributed by atoms with E-state index in [1.54, 1.807) is 34.6 Å². The Hall–Kier alpha value is -3.75. The Kier molecular flexibility index (Phi) is 21.2. The number of hydrogen-bond acceptors (Lipinski definition) is 8. The first-order valence-electron chi connectivity index (χ1n) is 21.1. The molecule has 0 aromatic carbocycles. The van der Waals surface area contributed by atoms with Gasteiger partial charge in [0.05, 0.1) is 6.10 Å². The molecule has 1 aliphatic heterocycles. The number of aliphatic hydroxyl groups is 1. The highest BCUT2D eigenvalue weighted by atomic mass is 16.3. The van der Waals surface area contributed by atoms with Crippen molar-refractivity contribution < 1.29 is 38.7 Å². The van der Waals surface area contributed by atoms with Crippen molar-refractivity contribution >= 4 is 41.4 Å². The molecular formula is C42H77N7O8. The van der Waals surface area contributed by atoms with Gasteiger partial charge in [-0.25, -0.2) is 0 Å². The third kappa shape index (κ3) is 14.2. The van der Waals surface area contributed by atoms with E-state index in [0.717, 1.165) is 19.3 Å². The maximum absolute atomic E-state index is 14.3. The van der Waals surface area contributed by atoms with Crippen LogP contribution < -0.4 is 16.0 Å². The highest BCUT2D eigenvalue weighted by Crippen LogP contribution is 2.20. The van der Waals surface area contributed by atoms with E-state index in [2.05, 4.69) is 22.9 Å². The second kappa shape index (κ2) is 23.6. The van der Waals surface area contributed by atoms with Crippen LogP contribution in [0.5, 0.6) is 0 Å². The van der Waals surface area contributed by atoms with E-state index in [0.29, 0.717) is 12.8 Å². The number of hydrogen-bond donors (Lipinski definition) is 4. The maximum Gasteiger partial charge on any atom is 0.245 e. The number of nitrogens with zero attached hydrogens (tertiary/aromatic N) is 4. The van der Waals surface area contributed by atoms with Crippen molar-refractivity contribution in [3.63, 3.8) is 0 Å². The summed E-state index contributed by atoms with van der Waals surface area (Å²) in [6.45, 7) is 19.9. The molecule has 1 rings (SSSR count). The summed E-state index contributed by atoms with van der Waals surface area (Å²) in [4.78, 5) is 104. The second-order valence-electron chi connectivity index (χ2n) is 17.4. The summed E-state index contributed by atoms with van der Waals surface area (Å²) >= 11 is 0. The van der Waals surface area contributed by atoms with Crippen LogP contribution in [-0.2, 0) is 33.6 Å². The number of likely N-dealkylation sites (N-methyl/N-ethyl adjacent to an activating group) is 4. The number of amides is 7. The van der Waals surface area contributed by atoms with E-state index in [9.17, 15) is 38.7 Å². The first-order chi connectivity index (χ1) is 26.4. The Balaban J connectivity index is 4.04. The zero-order valence-electron chi connectivity index (χ0n) is 37.7. The number of rotatable bonds is 13. The van der Waals surface area contributed by atoms with Gasteiger partial charge >= 0.3 is 0 Å². The summed E-state index contributed by atoms with van der Waals surface area (Å²) < 4.78 is 0. The van der Waals surface area contributed by atoms with Crippen LogP contribution in [0.15, 0.2) is 0 Å². The average molecular weight is 808 g/mol. The largest absolute Gasteiger partial charge is 0.390 e. The standard InChI is InChI=1S/C42H77N7O8/c1-16-18-19-20-21-31-36(51)45-34(35(50)26(7)8)38(53)44-33(27(9)17-2)42(57)47(13)29(11)40(55)49(15)32(23-25(5)6)37(52)43-30(22-24(3)4)41(56)46(12)28(10)39(54)48(31)14/h24-35,50H,16-23H2,1-15H3,(H,43,52)(H,44,53)(H,45,51)/t27-,28-,29-,30-,31+,32-,33+,34+,35+/m0/s1. The number of carbonyl (C=O) groups is 7.